The minimum Gasteiger partial charge on any atom is -0.480 e. The van der Waals surface area contributed by atoms with E-state index >= 15 is 0 Å². The maximum absolute atomic E-state index is 10.9. The lowest BCUT2D eigenvalue weighted by molar-refractivity contribution is -0.136. The first-order chi connectivity index (χ1) is 12.3. The minimum atomic E-state index is -0.872. The number of nitrogens with zero attached hydrogens (tertiary/aromatic N) is 1. The molecule has 4 N–H and O–H groups in total. The van der Waals surface area contributed by atoms with E-state index < -0.39 is 5.97 Å². The van der Waals surface area contributed by atoms with Gasteiger partial charge in [0.05, 0.1) is 6.54 Å². The molecule has 0 saturated carbocycles. The summed E-state index contributed by atoms with van der Waals surface area (Å²) in [6.07, 6.45) is 0.870. The zero-order valence-corrected chi connectivity index (χ0v) is 16.1. The number of carboxylic acid groups (broad SMARTS) is 1. The van der Waals surface area contributed by atoms with Gasteiger partial charge in [0.15, 0.2) is 0 Å². The van der Waals surface area contributed by atoms with E-state index in [1.54, 1.807) is 0 Å². The summed E-state index contributed by atoms with van der Waals surface area (Å²) in [5.41, 5.74) is 13.6. The van der Waals surface area contributed by atoms with Crippen LogP contribution in [0.3, 0.4) is 0 Å². The fourth-order valence-corrected chi connectivity index (χ4v) is 3.20. The summed E-state index contributed by atoms with van der Waals surface area (Å²) in [5.74, 6) is -0.392. The standard InChI is InChI=1S/C21H29N3O2/c1-13(2)9-19-17(10-22)21(16-7-5-14(3)6-8-16)18(15(4)24-19)11-23-12-20(25)26/h5-8,13,23H,9-12,22H2,1-4H3,(H,25,26). The molecule has 1 heterocycles. The first-order valence-corrected chi connectivity index (χ1v) is 9.04. The summed E-state index contributed by atoms with van der Waals surface area (Å²) in [6, 6.07) is 8.37. The largest absolute Gasteiger partial charge is 0.480 e. The van der Waals surface area contributed by atoms with Gasteiger partial charge in [0, 0.05) is 24.5 Å². The van der Waals surface area contributed by atoms with Gasteiger partial charge in [-0.3, -0.25) is 9.78 Å². The van der Waals surface area contributed by atoms with Gasteiger partial charge >= 0.3 is 5.97 Å². The first-order valence-electron chi connectivity index (χ1n) is 9.04. The van der Waals surface area contributed by atoms with E-state index in [4.69, 9.17) is 15.8 Å². The van der Waals surface area contributed by atoms with Crippen LogP contribution in [-0.4, -0.2) is 22.6 Å². The van der Waals surface area contributed by atoms with Gasteiger partial charge in [-0.05, 0) is 48.4 Å². The van der Waals surface area contributed by atoms with Crippen LogP contribution in [0.2, 0.25) is 0 Å². The number of rotatable bonds is 8. The molecule has 0 amide bonds. The molecule has 0 radical (unpaired) electrons. The maximum atomic E-state index is 10.9. The smallest absolute Gasteiger partial charge is 0.317 e. The lowest BCUT2D eigenvalue weighted by Gasteiger charge is -2.21. The predicted molar refractivity (Wildman–Crippen MR) is 105 cm³/mol. The van der Waals surface area contributed by atoms with Gasteiger partial charge in [-0.2, -0.15) is 0 Å². The molecule has 0 aliphatic carbocycles. The Morgan fingerprint density at radius 2 is 1.85 bits per heavy atom. The summed E-state index contributed by atoms with van der Waals surface area (Å²) in [6.45, 7) is 9.16. The fourth-order valence-electron chi connectivity index (χ4n) is 3.20. The Kier molecular flexibility index (Phi) is 6.89. The van der Waals surface area contributed by atoms with Gasteiger partial charge in [0.1, 0.15) is 0 Å². The Hall–Kier alpha value is -2.24. The summed E-state index contributed by atoms with van der Waals surface area (Å²) in [7, 11) is 0. The van der Waals surface area contributed by atoms with Crippen molar-refractivity contribution in [3.63, 3.8) is 0 Å². The summed E-state index contributed by atoms with van der Waals surface area (Å²) in [4.78, 5) is 15.7. The third-order valence-electron chi connectivity index (χ3n) is 4.42. The Morgan fingerprint density at radius 1 is 1.19 bits per heavy atom. The van der Waals surface area contributed by atoms with Gasteiger partial charge in [0.25, 0.3) is 0 Å². The van der Waals surface area contributed by atoms with E-state index in [-0.39, 0.29) is 6.54 Å². The molecule has 5 heteroatoms. The molecular formula is C21H29N3O2. The van der Waals surface area contributed by atoms with E-state index in [2.05, 4.69) is 50.4 Å². The number of nitrogens with two attached hydrogens (primary N) is 1. The molecule has 140 valence electrons. The highest BCUT2D eigenvalue weighted by molar-refractivity contribution is 5.73. The number of hydrogen-bond donors (Lipinski definition) is 3. The number of nitrogens with one attached hydrogen (secondary N) is 1. The number of benzene rings is 1. The number of aliphatic carboxylic acids is 1. The molecule has 0 unspecified atom stereocenters. The van der Waals surface area contributed by atoms with Crippen LogP contribution in [0, 0.1) is 19.8 Å². The molecule has 5 nitrogen and oxygen atoms in total. The lowest BCUT2D eigenvalue weighted by atomic mass is 9.89. The zero-order chi connectivity index (χ0) is 19.3. The third-order valence-corrected chi connectivity index (χ3v) is 4.42. The summed E-state index contributed by atoms with van der Waals surface area (Å²) in [5, 5.41) is 11.9. The van der Waals surface area contributed by atoms with E-state index in [0.717, 1.165) is 40.1 Å². The number of aryl methyl sites for hydroxylation is 2. The van der Waals surface area contributed by atoms with E-state index in [1.165, 1.54) is 5.56 Å². The van der Waals surface area contributed by atoms with E-state index in [9.17, 15) is 4.79 Å². The minimum absolute atomic E-state index is 0.0848. The Labute approximate surface area is 155 Å². The van der Waals surface area contributed by atoms with Crippen LogP contribution in [0.1, 0.15) is 41.9 Å². The van der Waals surface area contributed by atoms with Gasteiger partial charge in [0.2, 0.25) is 0 Å². The molecule has 1 aromatic carbocycles. The summed E-state index contributed by atoms with van der Waals surface area (Å²) >= 11 is 0. The average Bonchev–Trinajstić information content (AvgIpc) is 2.56. The van der Waals surface area contributed by atoms with Crippen LogP contribution < -0.4 is 11.1 Å². The van der Waals surface area contributed by atoms with Gasteiger partial charge < -0.3 is 16.2 Å². The molecule has 0 bridgehead atoms. The van der Waals surface area contributed by atoms with Crippen LogP contribution in [0.25, 0.3) is 11.1 Å². The van der Waals surface area contributed by atoms with Crippen molar-refractivity contribution < 1.29 is 9.90 Å². The predicted octanol–water partition coefficient (Wildman–Crippen LogP) is 3.20. The number of aromatic nitrogens is 1. The molecule has 2 rings (SSSR count). The monoisotopic (exact) mass is 355 g/mol. The van der Waals surface area contributed by atoms with Crippen molar-refractivity contribution in [3.8, 4) is 11.1 Å². The van der Waals surface area contributed by atoms with Crippen LogP contribution >= 0.6 is 0 Å². The molecule has 0 saturated heterocycles. The molecule has 0 spiro atoms. The fraction of sp³-hybridized carbons (Fsp3) is 0.429. The van der Waals surface area contributed by atoms with Crippen LogP contribution in [0.15, 0.2) is 24.3 Å². The SMILES string of the molecule is Cc1ccc(-c2c(CNCC(=O)O)c(C)nc(CC(C)C)c2CN)cc1. The number of carboxylic acids is 1. The van der Waals surface area contributed by atoms with Crippen LogP contribution in [-0.2, 0) is 24.3 Å². The van der Waals surface area contributed by atoms with Gasteiger partial charge in [-0.25, -0.2) is 0 Å². The van der Waals surface area contributed by atoms with Crippen LogP contribution in [0.5, 0.6) is 0 Å². The van der Waals surface area contributed by atoms with Crippen molar-refractivity contribution in [1.29, 1.82) is 0 Å². The molecular weight excluding hydrogens is 326 g/mol. The highest BCUT2D eigenvalue weighted by Crippen LogP contribution is 2.32. The van der Waals surface area contributed by atoms with Crippen molar-refractivity contribution in [2.45, 2.75) is 47.2 Å². The van der Waals surface area contributed by atoms with Crippen LogP contribution in [0.4, 0.5) is 0 Å². The Bertz CT molecular complexity index is 768. The quantitative estimate of drug-likeness (QED) is 0.677. The van der Waals surface area contributed by atoms with Crippen molar-refractivity contribution in [3.05, 3.63) is 52.3 Å². The molecule has 2 aromatic rings. The zero-order valence-electron chi connectivity index (χ0n) is 16.1. The van der Waals surface area contributed by atoms with Crippen molar-refractivity contribution in [2.75, 3.05) is 6.54 Å². The van der Waals surface area contributed by atoms with E-state index in [0.29, 0.717) is 19.0 Å². The highest BCUT2D eigenvalue weighted by atomic mass is 16.4. The summed E-state index contributed by atoms with van der Waals surface area (Å²) < 4.78 is 0. The first kappa shape index (κ1) is 20.1. The van der Waals surface area contributed by atoms with E-state index in [1.807, 2.05) is 6.92 Å². The lowest BCUT2D eigenvalue weighted by Crippen LogP contribution is -2.24. The highest BCUT2D eigenvalue weighted by Gasteiger charge is 2.19. The molecule has 26 heavy (non-hydrogen) atoms. The van der Waals surface area contributed by atoms with Crippen molar-refractivity contribution in [1.82, 2.24) is 10.3 Å². The third kappa shape index (κ3) is 4.90. The van der Waals surface area contributed by atoms with Crippen molar-refractivity contribution in [2.24, 2.45) is 11.7 Å². The number of pyridine rings is 1. The molecule has 0 aliphatic heterocycles. The Balaban J connectivity index is 2.61. The maximum Gasteiger partial charge on any atom is 0.317 e. The van der Waals surface area contributed by atoms with Gasteiger partial charge in [-0.1, -0.05) is 43.7 Å². The molecule has 0 atom stereocenters. The Morgan fingerprint density at radius 3 is 2.38 bits per heavy atom. The average molecular weight is 355 g/mol. The second kappa shape index (κ2) is 8.92. The second-order valence-electron chi connectivity index (χ2n) is 7.14. The normalized spacial score (nSPS) is 11.2. The van der Waals surface area contributed by atoms with Crippen molar-refractivity contribution >= 4 is 5.97 Å². The molecule has 0 aliphatic rings. The molecule has 0 fully saturated rings. The topological polar surface area (TPSA) is 88.2 Å². The molecule has 1 aromatic heterocycles. The van der Waals surface area contributed by atoms with Gasteiger partial charge in [-0.15, -0.1) is 0 Å². The second-order valence-corrected chi connectivity index (χ2v) is 7.14. The number of hydrogen-bond acceptors (Lipinski definition) is 4. The number of carbonyl (C=O) groups is 1.